The van der Waals surface area contributed by atoms with E-state index in [4.69, 9.17) is 0 Å². The Kier molecular flexibility index (Phi) is 2.36. The summed E-state index contributed by atoms with van der Waals surface area (Å²) in [6, 6.07) is 8.30. The van der Waals surface area contributed by atoms with E-state index in [1.807, 2.05) is 6.07 Å². The first-order chi connectivity index (χ1) is 6.68. The van der Waals surface area contributed by atoms with Crippen LogP contribution in [0.5, 0.6) is 0 Å². The monoisotopic (exact) mass is 190 g/mol. The van der Waals surface area contributed by atoms with Crippen molar-refractivity contribution < 1.29 is 5.11 Å². The Hall–Kier alpha value is -0.820. The molecule has 1 aliphatic rings. The zero-order chi connectivity index (χ0) is 10.2. The van der Waals surface area contributed by atoms with Gasteiger partial charge in [0.05, 0.1) is 5.60 Å². The van der Waals surface area contributed by atoms with E-state index in [0.717, 1.165) is 24.8 Å². The molecule has 1 nitrogen and oxygen atoms in total. The van der Waals surface area contributed by atoms with E-state index in [1.54, 1.807) is 0 Å². The Balaban J connectivity index is 2.52. The summed E-state index contributed by atoms with van der Waals surface area (Å²) >= 11 is 0. The molecular formula is C13H18O. The zero-order valence-electron chi connectivity index (χ0n) is 8.96. The summed E-state index contributed by atoms with van der Waals surface area (Å²) in [5, 5.41) is 10.6. The van der Waals surface area contributed by atoms with E-state index in [1.165, 1.54) is 5.56 Å². The Morgan fingerprint density at radius 3 is 2.86 bits per heavy atom. The Bertz CT molecular complexity index is 332. The molecule has 1 heteroatoms. The third kappa shape index (κ3) is 1.27. The third-order valence-electron chi connectivity index (χ3n) is 3.68. The maximum absolute atomic E-state index is 10.6. The summed E-state index contributed by atoms with van der Waals surface area (Å²) in [5.74, 6) is 0.377. The molecule has 76 valence electrons. The lowest BCUT2D eigenvalue weighted by Gasteiger charge is -2.39. The highest BCUT2D eigenvalue weighted by atomic mass is 16.3. The van der Waals surface area contributed by atoms with Gasteiger partial charge in [-0.1, -0.05) is 38.1 Å². The summed E-state index contributed by atoms with van der Waals surface area (Å²) in [6.45, 7) is 4.22. The molecule has 0 aliphatic heterocycles. The van der Waals surface area contributed by atoms with Crippen molar-refractivity contribution >= 4 is 0 Å². The lowest BCUT2D eigenvalue weighted by Crippen LogP contribution is -2.37. The lowest BCUT2D eigenvalue weighted by molar-refractivity contribution is -0.0313. The highest BCUT2D eigenvalue weighted by Crippen LogP contribution is 2.41. The van der Waals surface area contributed by atoms with Crippen molar-refractivity contribution in [3.63, 3.8) is 0 Å². The van der Waals surface area contributed by atoms with Gasteiger partial charge in [-0.2, -0.15) is 0 Å². The van der Waals surface area contributed by atoms with E-state index in [9.17, 15) is 5.11 Å². The van der Waals surface area contributed by atoms with Gasteiger partial charge in [-0.3, -0.25) is 0 Å². The van der Waals surface area contributed by atoms with Gasteiger partial charge in [0, 0.05) is 0 Å². The summed E-state index contributed by atoms with van der Waals surface area (Å²) in [4.78, 5) is 0. The summed E-state index contributed by atoms with van der Waals surface area (Å²) in [5.41, 5.74) is 1.89. The van der Waals surface area contributed by atoms with Crippen LogP contribution in [0.4, 0.5) is 0 Å². The predicted octanol–water partition coefficient (Wildman–Crippen LogP) is 2.87. The highest BCUT2D eigenvalue weighted by Gasteiger charge is 2.38. The van der Waals surface area contributed by atoms with Crippen molar-refractivity contribution in [1.29, 1.82) is 0 Å². The molecule has 0 heterocycles. The Morgan fingerprint density at radius 2 is 2.14 bits per heavy atom. The van der Waals surface area contributed by atoms with Crippen molar-refractivity contribution in [1.82, 2.24) is 0 Å². The van der Waals surface area contributed by atoms with Crippen LogP contribution in [0.1, 0.15) is 37.8 Å². The number of hydrogen-bond acceptors (Lipinski definition) is 1. The number of fused-ring (bicyclic) bond motifs is 1. The molecule has 14 heavy (non-hydrogen) atoms. The van der Waals surface area contributed by atoms with Crippen LogP contribution in [-0.2, 0) is 12.0 Å². The smallest absolute Gasteiger partial charge is 0.0922 e. The van der Waals surface area contributed by atoms with Gasteiger partial charge in [0.15, 0.2) is 0 Å². The average Bonchev–Trinajstić information content (AvgIpc) is 2.24. The van der Waals surface area contributed by atoms with Gasteiger partial charge >= 0.3 is 0 Å². The molecule has 0 radical (unpaired) electrons. The van der Waals surface area contributed by atoms with Crippen molar-refractivity contribution in [2.24, 2.45) is 5.92 Å². The molecule has 0 fully saturated rings. The third-order valence-corrected chi connectivity index (χ3v) is 3.68. The van der Waals surface area contributed by atoms with Crippen LogP contribution in [-0.4, -0.2) is 5.11 Å². The molecule has 2 rings (SSSR count). The molecule has 0 saturated carbocycles. The summed E-state index contributed by atoms with van der Waals surface area (Å²) < 4.78 is 0. The fourth-order valence-electron chi connectivity index (χ4n) is 2.58. The first kappa shape index (κ1) is 9.72. The summed E-state index contributed by atoms with van der Waals surface area (Å²) in [7, 11) is 0. The van der Waals surface area contributed by atoms with Gasteiger partial charge < -0.3 is 5.11 Å². The SMILES string of the molecule is CC[C@]1(O)c2ccccc2CC[C@H]1C. The molecule has 0 aromatic heterocycles. The molecular weight excluding hydrogens is 172 g/mol. The van der Waals surface area contributed by atoms with Crippen LogP contribution < -0.4 is 0 Å². The topological polar surface area (TPSA) is 20.2 Å². The fourth-order valence-corrected chi connectivity index (χ4v) is 2.58. The maximum atomic E-state index is 10.6. The largest absolute Gasteiger partial charge is 0.385 e. The molecule has 0 unspecified atom stereocenters. The van der Waals surface area contributed by atoms with Gasteiger partial charge in [0.2, 0.25) is 0 Å². The second-order valence-corrected chi connectivity index (χ2v) is 4.37. The van der Waals surface area contributed by atoms with Crippen LogP contribution in [0.25, 0.3) is 0 Å². The molecule has 1 N–H and O–H groups in total. The molecule has 1 aromatic rings. The maximum Gasteiger partial charge on any atom is 0.0922 e. The van der Waals surface area contributed by atoms with Crippen molar-refractivity contribution in [2.75, 3.05) is 0 Å². The van der Waals surface area contributed by atoms with Gasteiger partial charge in [-0.25, -0.2) is 0 Å². The first-order valence-corrected chi connectivity index (χ1v) is 5.49. The fraction of sp³-hybridized carbons (Fsp3) is 0.538. The normalized spacial score (nSPS) is 31.2. The highest BCUT2D eigenvalue weighted by molar-refractivity contribution is 5.35. The van der Waals surface area contributed by atoms with Crippen LogP contribution in [0, 0.1) is 5.92 Å². The molecule has 0 bridgehead atoms. The molecule has 0 spiro atoms. The van der Waals surface area contributed by atoms with E-state index >= 15 is 0 Å². The Morgan fingerprint density at radius 1 is 1.43 bits per heavy atom. The van der Waals surface area contributed by atoms with Gasteiger partial charge in [0.25, 0.3) is 0 Å². The van der Waals surface area contributed by atoms with Crippen LogP contribution in [0.3, 0.4) is 0 Å². The lowest BCUT2D eigenvalue weighted by atomic mass is 9.71. The number of aliphatic hydroxyl groups is 1. The minimum absolute atomic E-state index is 0.377. The predicted molar refractivity (Wildman–Crippen MR) is 58.1 cm³/mol. The first-order valence-electron chi connectivity index (χ1n) is 5.49. The average molecular weight is 190 g/mol. The molecule has 1 aliphatic carbocycles. The number of rotatable bonds is 1. The second-order valence-electron chi connectivity index (χ2n) is 4.37. The van der Waals surface area contributed by atoms with E-state index in [2.05, 4.69) is 32.0 Å². The van der Waals surface area contributed by atoms with Gasteiger partial charge in [-0.15, -0.1) is 0 Å². The minimum Gasteiger partial charge on any atom is -0.385 e. The van der Waals surface area contributed by atoms with Crippen molar-refractivity contribution in [3.8, 4) is 0 Å². The molecule has 0 saturated heterocycles. The van der Waals surface area contributed by atoms with Crippen molar-refractivity contribution in [3.05, 3.63) is 35.4 Å². The number of benzene rings is 1. The van der Waals surface area contributed by atoms with Gasteiger partial charge in [0.1, 0.15) is 0 Å². The second kappa shape index (κ2) is 3.39. The molecule has 1 aromatic carbocycles. The molecule has 2 atom stereocenters. The number of hydrogen-bond donors (Lipinski definition) is 1. The van der Waals surface area contributed by atoms with Crippen LogP contribution in [0.2, 0.25) is 0 Å². The van der Waals surface area contributed by atoms with Gasteiger partial charge in [-0.05, 0) is 36.3 Å². The minimum atomic E-state index is -0.588. The quantitative estimate of drug-likeness (QED) is 0.722. The van der Waals surface area contributed by atoms with Crippen LogP contribution in [0.15, 0.2) is 24.3 Å². The number of aryl methyl sites for hydroxylation is 1. The standard InChI is InChI=1S/C13H18O/c1-3-13(14)10(2)8-9-11-6-4-5-7-12(11)13/h4-7,10,14H,3,8-9H2,1-2H3/t10-,13-/m1/s1. The summed E-state index contributed by atoms with van der Waals surface area (Å²) in [6.07, 6.45) is 3.02. The van der Waals surface area contributed by atoms with Crippen molar-refractivity contribution in [2.45, 2.75) is 38.7 Å². The zero-order valence-corrected chi connectivity index (χ0v) is 8.96. The van der Waals surface area contributed by atoms with Crippen LogP contribution >= 0.6 is 0 Å². The molecule has 0 amide bonds. The van der Waals surface area contributed by atoms with E-state index in [-0.39, 0.29) is 0 Å². The van der Waals surface area contributed by atoms with E-state index in [0.29, 0.717) is 5.92 Å². The van der Waals surface area contributed by atoms with E-state index < -0.39 is 5.60 Å². The Labute approximate surface area is 85.8 Å².